The van der Waals surface area contributed by atoms with E-state index >= 15 is 0 Å². The Balaban J connectivity index is 1.91. The first-order valence-electron chi connectivity index (χ1n) is 7.06. The van der Waals surface area contributed by atoms with Gasteiger partial charge in [-0.05, 0) is 30.7 Å². The third-order valence-corrected chi connectivity index (χ3v) is 3.98. The molecule has 1 N–H and O–H groups in total. The van der Waals surface area contributed by atoms with Crippen LogP contribution in [-0.4, -0.2) is 22.6 Å². The number of piperidine rings is 1. The predicted octanol–water partition coefficient (Wildman–Crippen LogP) is 2.52. The lowest BCUT2D eigenvalue weighted by molar-refractivity contribution is -0.124. The number of carbonyl (C=O) groups excluding carboxylic acids is 1. The largest absolute Gasteiger partial charge is 0.356 e. The molecule has 0 saturated carbocycles. The summed E-state index contributed by atoms with van der Waals surface area (Å²) in [5.41, 5.74) is -1.20. The molecule has 1 aromatic carbocycles. The van der Waals surface area contributed by atoms with Crippen molar-refractivity contribution in [3.8, 4) is 0 Å². The third kappa shape index (κ3) is 2.80. The summed E-state index contributed by atoms with van der Waals surface area (Å²) < 4.78 is 46.7. The van der Waals surface area contributed by atoms with Crippen LogP contribution in [0.4, 0.5) is 13.2 Å². The number of carbonyl (C=O) groups is 1. The van der Waals surface area contributed by atoms with Crippen molar-refractivity contribution in [3.63, 3.8) is 0 Å². The van der Waals surface area contributed by atoms with Crippen molar-refractivity contribution in [2.75, 3.05) is 6.54 Å². The van der Waals surface area contributed by atoms with Gasteiger partial charge in [-0.3, -0.25) is 4.79 Å². The summed E-state index contributed by atoms with van der Waals surface area (Å²) in [7, 11) is 0. The Morgan fingerprint density at radius 3 is 2.65 bits per heavy atom. The van der Waals surface area contributed by atoms with Crippen LogP contribution in [0.15, 0.2) is 28.8 Å². The van der Waals surface area contributed by atoms with Gasteiger partial charge in [0.1, 0.15) is 5.82 Å². The molecular weight excluding hydrogens is 311 g/mol. The van der Waals surface area contributed by atoms with Crippen LogP contribution in [0, 0.1) is 5.82 Å². The number of benzene rings is 1. The highest BCUT2D eigenvalue weighted by atomic mass is 19.3. The minimum atomic E-state index is -3.51. The first-order valence-corrected chi connectivity index (χ1v) is 7.06. The second kappa shape index (κ2) is 5.36. The van der Waals surface area contributed by atoms with Gasteiger partial charge in [-0.15, -0.1) is 0 Å². The monoisotopic (exact) mass is 325 g/mol. The normalized spacial score (nSPS) is 22.0. The van der Waals surface area contributed by atoms with E-state index in [1.807, 2.05) is 0 Å². The van der Waals surface area contributed by atoms with Crippen LogP contribution in [0.2, 0.25) is 0 Å². The Kier molecular flexibility index (Phi) is 3.62. The lowest BCUT2D eigenvalue weighted by Crippen LogP contribution is -2.42. The summed E-state index contributed by atoms with van der Waals surface area (Å²) in [6.07, 6.45) is 0.610. The minimum Gasteiger partial charge on any atom is -0.356 e. The molecule has 3 rings (SSSR count). The summed E-state index contributed by atoms with van der Waals surface area (Å²) >= 11 is 0. The molecule has 5 nitrogen and oxygen atoms in total. The molecule has 1 unspecified atom stereocenters. The van der Waals surface area contributed by atoms with E-state index in [1.54, 1.807) is 6.92 Å². The molecule has 2 heterocycles. The molecule has 8 heteroatoms. The zero-order valence-corrected chi connectivity index (χ0v) is 12.3. The SMILES string of the molecule is CC1(c2nc(C(F)(F)c3ccc(F)cc3)no2)CCNC(=O)C1. The third-order valence-electron chi connectivity index (χ3n) is 3.98. The van der Waals surface area contributed by atoms with Gasteiger partial charge in [0.15, 0.2) is 0 Å². The number of alkyl halides is 2. The van der Waals surface area contributed by atoms with Crippen molar-refractivity contribution in [2.45, 2.75) is 31.1 Å². The number of rotatable bonds is 3. The van der Waals surface area contributed by atoms with Crippen molar-refractivity contribution in [1.82, 2.24) is 15.5 Å². The molecule has 0 aliphatic carbocycles. The van der Waals surface area contributed by atoms with Crippen LogP contribution in [0.1, 0.15) is 37.0 Å². The lowest BCUT2D eigenvalue weighted by atomic mass is 9.80. The molecule has 122 valence electrons. The van der Waals surface area contributed by atoms with Gasteiger partial charge in [-0.1, -0.05) is 12.1 Å². The van der Waals surface area contributed by atoms with Crippen molar-refractivity contribution in [3.05, 3.63) is 47.4 Å². The lowest BCUT2D eigenvalue weighted by Gasteiger charge is -2.29. The molecule has 0 bridgehead atoms. The second-order valence-corrected chi connectivity index (χ2v) is 5.84. The van der Waals surface area contributed by atoms with Crippen molar-refractivity contribution < 1.29 is 22.5 Å². The van der Waals surface area contributed by atoms with Gasteiger partial charge in [-0.25, -0.2) is 4.39 Å². The molecule has 1 amide bonds. The van der Waals surface area contributed by atoms with E-state index in [9.17, 15) is 18.0 Å². The first-order chi connectivity index (χ1) is 10.8. The maximum atomic E-state index is 14.4. The Bertz CT molecular complexity index is 730. The van der Waals surface area contributed by atoms with E-state index in [1.165, 1.54) is 0 Å². The Labute approximate surface area is 129 Å². The van der Waals surface area contributed by atoms with E-state index in [2.05, 4.69) is 15.5 Å². The number of aromatic nitrogens is 2. The number of nitrogens with one attached hydrogen (secondary N) is 1. The van der Waals surface area contributed by atoms with Gasteiger partial charge in [0.2, 0.25) is 17.6 Å². The standard InChI is InChI=1S/C15H14F3N3O2/c1-14(6-7-19-11(22)8-14)13-20-12(21-23-13)15(17,18)9-2-4-10(16)5-3-9/h2-5H,6-8H2,1H3,(H,19,22). The van der Waals surface area contributed by atoms with Gasteiger partial charge >= 0.3 is 5.92 Å². The molecule has 23 heavy (non-hydrogen) atoms. The summed E-state index contributed by atoms with van der Waals surface area (Å²) in [6, 6.07) is 3.83. The average Bonchev–Trinajstić information content (AvgIpc) is 2.99. The number of hydrogen-bond acceptors (Lipinski definition) is 4. The molecule has 1 aliphatic rings. The number of halogens is 3. The topological polar surface area (TPSA) is 68.0 Å². The van der Waals surface area contributed by atoms with Crippen LogP contribution in [0.3, 0.4) is 0 Å². The van der Waals surface area contributed by atoms with Crippen LogP contribution in [0.25, 0.3) is 0 Å². The molecule has 1 saturated heterocycles. The minimum absolute atomic E-state index is 0.00383. The molecule has 1 atom stereocenters. The number of hydrogen-bond donors (Lipinski definition) is 1. The maximum absolute atomic E-state index is 14.4. The van der Waals surface area contributed by atoms with E-state index in [0.717, 1.165) is 24.3 Å². The van der Waals surface area contributed by atoms with E-state index < -0.39 is 28.5 Å². The fourth-order valence-electron chi connectivity index (χ4n) is 2.55. The summed E-state index contributed by atoms with van der Waals surface area (Å²) in [5.74, 6) is -5.11. The van der Waals surface area contributed by atoms with Gasteiger partial charge in [0.05, 0.1) is 5.41 Å². The van der Waals surface area contributed by atoms with E-state index in [0.29, 0.717) is 13.0 Å². The van der Waals surface area contributed by atoms with Crippen LogP contribution in [-0.2, 0) is 16.1 Å². The molecule has 1 aliphatic heterocycles. The average molecular weight is 325 g/mol. The quantitative estimate of drug-likeness (QED) is 0.941. The molecule has 1 aromatic heterocycles. The smallest absolute Gasteiger partial charge is 0.335 e. The second-order valence-electron chi connectivity index (χ2n) is 5.84. The molecular formula is C15H14F3N3O2. The van der Waals surface area contributed by atoms with Crippen molar-refractivity contribution >= 4 is 5.91 Å². The van der Waals surface area contributed by atoms with Crippen LogP contribution >= 0.6 is 0 Å². The van der Waals surface area contributed by atoms with E-state index in [4.69, 9.17) is 4.52 Å². The Morgan fingerprint density at radius 2 is 2.00 bits per heavy atom. The molecule has 0 spiro atoms. The first kappa shape index (κ1) is 15.5. The summed E-state index contributed by atoms with van der Waals surface area (Å²) in [6.45, 7) is 2.14. The fourth-order valence-corrected chi connectivity index (χ4v) is 2.55. The zero-order valence-electron chi connectivity index (χ0n) is 12.3. The van der Waals surface area contributed by atoms with Gasteiger partial charge in [0.25, 0.3) is 0 Å². The molecule has 1 fully saturated rings. The molecule has 0 radical (unpaired) electrons. The maximum Gasteiger partial charge on any atom is 0.335 e. The fraction of sp³-hybridized carbons (Fsp3) is 0.400. The summed E-state index contributed by atoms with van der Waals surface area (Å²) in [4.78, 5) is 15.3. The van der Waals surface area contributed by atoms with Gasteiger partial charge in [0, 0.05) is 18.5 Å². The highest BCUT2D eigenvalue weighted by Crippen LogP contribution is 2.37. The van der Waals surface area contributed by atoms with Crippen molar-refractivity contribution in [2.24, 2.45) is 0 Å². The molecule has 2 aromatic rings. The van der Waals surface area contributed by atoms with Crippen LogP contribution < -0.4 is 5.32 Å². The number of amides is 1. The summed E-state index contributed by atoms with van der Waals surface area (Å²) in [5, 5.41) is 6.03. The van der Waals surface area contributed by atoms with Crippen molar-refractivity contribution in [1.29, 1.82) is 0 Å². The highest BCUT2D eigenvalue weighted by molar-refractivity contribution is 5.78. The zero-order chi connectivity index (χ0) is 16.7. The van der Waals surface area contributed by atoms with Crippen LogP contribution in [0.5, 0.6) is 0 Å². The Hall–Kier alpha value is -2.38. The predicted molar refractivity (Wildman–Crippen MR) is 73.3 cm³/mol. The van der Waals surface area contributed by atoms with Gasteiger partial charge < -0.3 is 9.84 Å². The highest BCUT2D eigenvalue weighted by Gasteiger charge is 2.43. The number of nitrogens with zero attached hydrogens (tertiary/aromatic N) is 2. The Morgan fingerprint density at radius 1 is 1.30 bits per heavy atom. The van der Waals surface area contributed by atoms with E-state index in [-0.39, 0.29) is 18.2 Å². The van der Waals surface area contributed by atoms with Gasteiger partial charge in [-0.2, -0.15) is 13.8 Å².